The van der Waals surface area contributed by atoms with Crippen molar-refractivity contribution in [2.75, 3.05) is 20.3 Å². The maximum absolute atomic E-state index is 12.4. The van der Waals surface area contributed by atoms with E-state index in [1.807, 2.05) is 18.7 Å². The summed E-state index contributed by atoms with van der Waals surface area (Å²) in [6.07, 6.45) is -0.0453. The summed E-state index contributed by atoms with van der Waals surface area (Å²) in [5.41, 5.74) is 0.833. The van der Waals surface area contributed by atoms with Crippen molar-refractivity contribution in [2.45, 2.75) is 56.6 Å². The summed E-state index contributed by atoms with van der Waals surface area (Å²) >= 11 is 0. The lowest BCUT2D eigenvalue weighted by Crippen LogP contribution is -2.64. The van der Waals surface area contributed by atoms with Gasteiger partial charge in [-0.1, -0.05) is 0 Å². The van der Waals surface area contributed by atoms with E-state index in [1.54, 1.807) is 0 Å². The largest absolute Gasteiger partial charge is 0.387 e. The van der Waals surface area contributed by atoms with Crippen molar-refractivity contribution in [1.29, 1.82) is 0 Å². The molecule has 2 heterocycles. The van der Waals surface area contributed by atoms with Crippen molar-refractivity contribution in [2.24, 2.45) is 0 Å². The van der Waals surface area contributed by atoms with Crippen LogP contribution in [-0.2, 0) is 14.3 Å². The molecule has 2 bridgehead atoms. The Morgan fingerprint density at radius 2 is 2.19 bits per heavy atom. The van der Waals surface area contributed by atoms with Gasteiger partial charge in [-0.05, 0) is 33.1 Å². The second-order valence-electron chi connectivity index (χ2n) is 6.25. The topological polar surface area (TPSA) is 79.2 Å². The molecule has 0 unspecified atom stereocenters. The number of likely N-dealkylation sites (tertiary alicyclic amines) is 1. The van der Waals surface area contributed by atoms with E-state index < -0.39 is 18.0 Å². The Bertz CT molecular complexity index is 504. The zero-order valence-electron chi connectivity index (χ0n) is 12.8. The van der Waals surface area contributed by atoms with E-state index in [0.717, 1.165) is 12.8 Å². The number of aliphatic hydroxyl groups excluding tert-OH is 2. The Hall–Kier alpha value is -0.950. The lowest BCUT2D eigenvalue weighted by molar-refractivity contribution is -0.279. The molecule has 21 heavy (non-hydrogen) atoms. The molecule has 0 aromatic rings. The quantitative estimate of drug-likeness (QED) is 0.711. The molecule has 3 rings (SSSR count). The molecule has 2 aliphatic heterocycles. The predicted octanol–water partition coefficient (Wildman–Crippen LogP) is 0.182. The van der Waals surface area contributed by atoms with Crippen LogP contribution < -0.4 is 0 Å². The van der Waals surface area contributed by atoms with E-state index in [1.165, 1.54) is 7.11 Å². The summed E-state index contributed by atoms with van der Waals surface area (Å²) < 4.78 is 11.0. The zero-order chi connectivity index (χ0) is 15.4. The Morgan fingerprint density at radius 3 is 2.81 bits per heavy atom. The molecule has 1 aliphatic carbocycles. The number of likely N-dealkylation sites (N-methyl/N-ethyl adjacent to an activating group) is 1. The maximum atomic E-state index is 12.4. The molecule has 1 amide bonds. The summed E-state index contributed by atoms with van der Waals surface area (Å²) in [5, 5.41) is 21.0. The van der Waals surface area contributed by atoms with Crippen LogP contribution in [0.4, 0.5) is 0 Å². The van der Waals surface area contributed by atoms with E-state index in [2.05, 4.69) is 0 Å². The number of carbonyl (C=O) groups is 1. The number of β-lactam (4-membered cyclic amide) rings is 1. The van der Waals surface area contributed by atoms with Gasteiger partial charge in [0.1, 0.15) is 12.2 Å². The first kappa shape index (κ1) is 15.0. The molecular weight excluding hydrogens is 274 g/mol. The van der Waals surface area contributed by atoms with Gasteiger partial charge in [0.25, 0.3) is 5.91 Å². The number of aliphatic hydroxyl groups is 2. The average Bonchev–Trinajstić information content (AvgIpc) is 2.78. The molecule has 3 aliphatic rings. The van der Waals surface area contributed by atoms with Gasteiger partial charge in [-0.25, -0.2) is 0 Å². The Labute approximate surface area is 124 Å². The van der Waals surface area contributed by atoms with E-state index in [4.69, 9.17) is 9.47 Å². The molecule has 6 heteroatoms. The molecule has 0 radical (unpaired) electrons. The minimum atomic E-state index is -1.44. The summed E-state index contributed by atoms with van der Waals surface area (Å²) in [6.45, 7) is 4.74. The molecule has 0 aromatic heterocycles. The van der Waals surface area contributed by atoms with Crippen LogP contribution in [0.15, 0.2) is 11.1 Å². The summed E-state index contributed by atoms with van der Waals surface area (Å²) in [5.74, 6) is -1.48. The minimum Gasteiger partial charge on any atom is -0.387 e. The van der Waals surface area contributed by atoms with Crippen LogP contribution in [0.25, 0.3) is 0 Å². The summed E-state index contributed by atoms with van der Waals surface area (Å²) in [7, 11) is 1.41. The highest BCUT2D eigenvalue weighted by atomic mass is 16.7. The third-order valence-electron chi connectivity index (χ3n) is 5.32. The molecule has 0 saturated carbocycles. The van der Waals surface area contributed by atoms with Gasteiger partial charge in [0, 0.05) is 24.8 Å². The van der Waals surface area contributed by atoms with Crippen LogP contribution in [0, 0.1) is 0 Å². The highest BCUT2D eigenvalue weighted by molar-refractivity contribution is 6.04. The number of rotatable bonds is 2. The van der Waals surface area contributed by atoms with Crippen molar-refractivity contribution >= 4 is 5.91 Å². The van der Waals surface area contributed by atoms with E-state index in [9.17, 15) is 15.0 Å². The molecular formula is C15H23NO5. The van der Waals surface area contributed by atoms with Crippen LogP contribution in [-0.4, -0.2) is 64.8 Å². The van der Waals surface area contributed by atoms with Gasteiger partial charge in [0.05, 0.1) is 12.1 Å². The fraction of sp³-hybridized carbons (Fsp3) is 0.800. The second kappa shape index (κ2) is 4.78. The average molecular weight is 297 g/mol. The van der Waals surface area contributed by atoms with Crippen LogP contribution in [0.3, 0.4) is 0 Å². The lowest BCUT2D eigenvalue weighted by Gasteiger charge is -2.53. The molecule has 2 N–H and O–H groups in total. The SMILES string of the molecule is CCN1C(=O)C2=C3CO[C@@](OC)([C@@H](O)CCC[C@]21C)[C@H]3O. The number of hydrogen-bond acceptors (Lipinski definition) is 5. The van der Waals surface area contributed by atoms with Gasteiger partial charge in [-0.3, -0.25) is 4.79 Å². The Balaban J connectivity index is 2.10. The second-order valence-corrected chi connectivity index (χ2v) is 6.25. The zero-order valence-corrected chi connectivity index (χ0v) is 12.8. The lowest BCUT2D eigenvalue weighted by atomic mass is 9.73. The first-order valence-electron chi connectivity index (χ1n) is 7.53. The third-order valence-corrected chi connectivity index (χ3v) is 5.32. The van der Waals surface area contributed by atoms with Crippen molar-refractivity contribution in [3.05, 3.63) is 11.1 Å². The van der Waals surface area contributed by atoms with Crippen molar-refractivity contribution < 1.29 is 24.5 Å². The van der Waals surface area contributed by atoms with Crippen LogP contribution in [0.2, 0.25) is 0 Å². The van der Waals surface area contributed by atoms with E-state index >= 15 is 0 Å². The first-order valence-corrected chi connectivity index (χ1v) is 7.53. The van der Waals surface area contributed by atoms with Gasteiger partial charge >= 0.3 is 0 Å². The van der Waals surface area contributed by atoms with Crippen molar-refractivity contribution in [1.82, 2.24) is 4.90 Å². The van der Waals surface area contributed by atoms with Crippen LogP contribution in [0.1, 0.15) is 33.1 Å². The van der Waals surface area contributed by atoms with Gasteiger partial charge in [0.15, 0.2) is 0 Å². The summed E-state index contributed by atoms with van der Waals surface area (Å²) in [6, 6.07) is 0. The normalized spacial score (nSPS) is 43.1. The van der Waals surface area contributed by atoms with Crippen molar-refractivity contribution in [3.8, 4) is 0 Å². The fourth-order valence-electron chi connectivity index (χ4n) is 4.13. The van der Waals surface area contributed by atoms with Crippen LogP contribution >= 0.6 is 0 Å². The molecule has 0 aromatic carbocycles. The third kappa shape index (κ3) is 1.70. The highest BCUT2D eigenvalue weighted by Crippen LogP contribution is 2.48. The first-order chi connectivity index (χ1) is 9.92. The van der Waals surface area contributed by atoms with Gasteiger partial charge in [-0.2, -0.15) is 0 Å². The number of amides is 1. The number of nitrogens with zero attached hydrogens (tertiary/aromatic N) is 1. The highest BCUT2D eigenvalue weighted by Gasteiger charge is 2.60. The number of hydrogen-bond donors (Lipinski definition) is 2. The number of methoxy groups -OCH3 is 1. The predicted molar refractivity (Wildman–Crippen MR) is 74.4 cm³/mol. The molecule has 6 nitrogen and oxygen atoms in total. The standard InChI is InChI=1S/C15H23NO5/c1-4-16-13(19)11-9-8-21-15(20-3,12(9)18)10(17)6-5-7-14(11,16)2/h10,12,17-18H,4-8H2,1-3H3/t10-,12-,14+,15-/m0/s1. The fourth-order valence-corrected chi connectivity index (χ4v) is 4.13. The van der Waals surface area contributed by atoms with Gasteiger partial charge in [0.2, 0.25) is 5.79 Å². The minimum absolute atomic E-state index is 0.0408. The Morgan fingerprint density at radius 1 is 1.48 bits per heavy atom. The number of carbonyl (C=O) groups excluding carboxylic acids is 1. The monoisotopic (exact) mass is 297 g/mol. The van der Waals surface area contributed by atoms with Gasteiger partial charge < -0.3 is 24.6 Å². The van der Waals surface area contributed by atoms with Crippen LogP contribution in [0.5, 0.6) is 0 Å². The van der Waals surface area contributed by atoms with Gasteiger partial charge in [-0.15, -0.1) is 0 Å². The molecule has 118 valence electrons. The molecule has 2 saturated heterocycles. The van der Waals surface area contributed by atoms with E-state index in [0.29, 0.717) is 24.1 Å². The summed E-state index contributed by atoms with van der Waals surface area (Å²) in [4.78, 5) is 14.2. The Kier molecular flexibility index (Phi) is 3.40. The molecule has 0 spiro atoms. The molecule has 4 atom stereocenters. The number of fused-ring (bicyclic) bond motifs is 3. The van der Waals surface area contributed by atoms with Crippen molar-refractivity contribution in [3.63, 3.8) is 0 Å². The maximum Gasteiger partial charge on any atom is 0.253 e. The van der Waals surface area contributed by atoms with E-state index in [-0.39, 0.29) is 18.1 Å². The smallest absolute Gasteiger partial charge is 0.253 e. The molecule has 2 fully saturated rings. The number of ether oxygens (including phenoxy) is 2.